The smallest absolute Gasteiger partial charge is 0.277 e. The second-order valence-corrected chi connectivity index (χ2v) is 12.1. The van der Waals surface area contributed by atoms with Gasteiger partial charge in [0.25, 0.3) is 21.9 Å². The Balaban J connectivity index is 1.42. The van der Waals surface area contributed by atoms with Crippen LogP contribution in [-0.2, 0) is 26.1 Å². The van der Waals surface area contributed by atoms with Gasteiger partial charge in [0, 0.05) is 24.2 Å². The van der Waals surface area contributed by atoms with Crippen LogP contribution in [0.1, 0.15) is 54.9 Å². The van der Waals surface area contributed by atoms with Gasteiger partial charge in [0.05, 0.1) is 12.0 Å². The molecule has 3 rings (SSSR count). The molecule has 1 aliphatic heterocycles. The van der Waals surface area contributed by atoms with Gasteiger partial charge in [0.15, 0.2) is 5.25 Å². The molecule has 0 radical (unpaired) electrons. The van der Waals surface area contributed by atoms with Crippen molar-refractivity contribution in [3.05, 3.63) is 53.7 Å². The molecular weight excluding hydrogens is 522 g/mol. The van der Waals surface area contributed by atoms with Crippen molar-refractivity contribution >= 4 is 49.4 Å². The summed E-state index contributed by atoms with van der Waals surface area (Å²) in [6.45, 7) is 2.67. The highest BCUT2D eigenvalue weighted by atomic mass is 33.1. The Kier molecular flexibility index (Phi) is 10.3. The van der Waals surface area contributed by atoms with Crippen LogP contribution in [0, 0.1) is 0 Å². The molecule has 2 heterocycles. The maximum atomic E-state index is 12.8. The van der Waals surface area contributed by atoms with Crippen LogP contribution in [0.25, 0.3) is 0 Å². The van der Waals surface area contributed by atoms with E-state index in [1.807, 2.05) is 36.4 Å². The first-order chi connectivity index (χ1) is 17.2. The van der Waals surface area contributed by atoms with Gasteiger partial charge in [0.2, 0.25) is 5.91 Å². The van der Waals surface area contributed by atoms with E-state index < -0.39 is 33.6 Å². The first-order valence-electron chi connectivity index (χ1n) is 11.7. The number of nitrogens with one attached hydrogen (secondary N) is 1. The van der Waals surface area contributed by atoms with E-state index in [-0.39, 0.29) is 12.5 Å². The van der Waals surface area contributed by atoms with E-state index in [1.54, 1.807) is 6.20 Å². The number of nitrogens with zero attached hydrogens (tertiary/aromatic N) is 2. The molecule has 0 aliphatic carbocycles. The molecular formula is C24H29N3O6S3. The van der Waals surface area contributed by atoms with Crippen LogP contribution >= 0.6 is 21.6 Å². The Morgan fingerprint density at radius 1 is 1.14 bits per heavy atom. The lowest BCUT2D eigenvalue weighted by Gasteiger charge is -2.14. The zero-order chi connectivity index (χ0) is 26.1. The Morgan fingerprint density at radius 3 is 2.58 bits per heavy atom. The number of unbranched alkanes of at least 4 members (excludes halogenated alkanes) is 3. The number of hydrogen-bond donors (Lipinski definition) is 2. The minimum atomic E-state index is -4.57. The number of pyridine rings is 1. The van der Waals surface area contributed by atoms with Gasteiger partial charge in [-0.2, -0.15) is 8.42 Å². The van der Waals surface area contributed by atoms with Gasteiger partial charge in [-0.1, -0.05) is 42.7 Å². The van der Waals surface area contributed by atoms with Gasteiger partial charge < -0.3 is 5.32 Å². The van der Waals surface area contributed by atoms with Gasteiger partial charge in [-0.25, -0.2) is 4.98 Å². The maximum Gasteiger partial charge on any atom is 0.277 e. The highest BCUT2D eigenvalue weighted by molar-refractivity contribution is 8.76. The normalized spacial score (nSPS) is 15.9. The van der Waals surface area contributed by atoms with Crippen molar-refractivity contribution in [2.24, 2.45) is 0 Å². The number of carbonyl (C=O) groups excluding carboxylic acids is 3. The minimum Gasteiger partial charge on any atom is -0.352 e. The molecule has 1 fully saturated rings. The summed E-state index contributed by atoms with van der Waals surface area (Å²) in [7, 11) is -1.57. The second kappa shape index (κ2) is 13.2. The van der Waals surface area contributed by atoms with Gasteiger partial charge in [-0.05, 0) is 59.9 Å². The van der Waals surface area contributed by atoms with Crippen LogP contribution in [0.2, 0.25) is 0 Å². The fraction of sp³-hybridized carbons (Fsp3) is 0.417. The molecule has 12 heteroatoms. The van der Waals surface area contributed by atoms with Gasteiger partial charge in [-0.3, -0.25) is 23.8 Å². The lowest BCUT2D eigenvalue weighted by Crippen LogP contribution is -2.35. The molecule has 1 unspecified atom stereocenters. The first kappa shape index (κ1) is 28.2. The average Bonchev–Trinajstić information content (AvgIpc) is 3.16. The van der Waals surface area contributed by atoms with Crippen LogP contribution in [0.4, 0.5) is 0 Å². The van der Waals surface area contributed by atoms with E-state index in [2.05, 4.69) is 17.2 Å². The number of imide groups is 1. The molecule has 1 saturated heterocycles. The number of carbonyl (C=O) groups is 3. The molecule has 1 aromatic carbocycles. The summed E-state index contributed by atoms with van der Waals surface area (Å²) >= 11 is 0. The second-order valence-electron chi connectivity index (χ2n) is 8.28. The molecule has 3 amide bonds. The summed E-state index contributed by atoms with van der Waals surface area (Å²) in [6, 6.07) is 11.5. The van der Waals surface area contributed by atoms with Crippen molar-refractivity contribution in [3.8, 4) is 0 Å². The number of rotatable bonds is 13. The summed E-state index contributed by atoms with van der Waals surface area (Å²) in [5, 5.41) is 2.13. The molecule has 1 atom stereocenters. The molecule has 194 valence electrons. The van der Waals surface area contributed by atoms with Crippen molar-refractivity contribution in [1.29, 1.82) is 0 Å². The number of hydrogen-bond acceptors (Lipinski definition) is 8. The van der Waals surface area contributed by atoms with Crippen LogP contribution in [0.15, 0.2) is 52.5 Å². The fourth-order valence-corrected chi connectivity index (χ4v) is 6.53. The summed E-state index contributed by atoms with van der Waals surface area (Å²) < 4.78 is 31.5. The predicted octanol–water partition coefficient (Wildman–Crippen LogP) is 3.75. The van der Waals surface area contributed by atoms with Gasteiger partial charge >= 0.3 is 0 Å². The molecule has 0 saturated carbocycles. The van der Waals surface area contributed by atoms with E-state index in [4.69, 9.17) is 4.55 Å². The van der Waals surface area contributed by atoms with Gasteiger partial charge in [-0.15, -0.1) is 0 Å². The third kappa shape index (κ3) is 7.79. The summed E-state index contributed by atoms with van der Waals surface area (Å²) in [6.07, 6.45) is 4.81. The molecule has 1 aromatic heterocycles. The largest absolute Gasteiger partial charge is 0.352 e. The maximum absolute atomic E-state index is 12.8. The van der Waals surface area contributed by atoms with Gasteiger partial charge in [0.1, 0.15) is 5.03 Å². The average molecular weight is 552 g/mol. The van der Waals surface area contributed by atoms with Crippen LogP contribution in [-0.4, -0.2) is 58.9 Å². The number of aryl methyl sites for hydroxylation is 1. The topological polar surface area (TPSA) is 134 Å². The number of amides is 3. The highest BCUT2D eigenvalue weighted by Gasteiger charge is 2.45. The fourth-order valence-electron chi connectivity index (χ4n) is 3.69. The third-order valence-electron chi connectivity index (χ3n) is 5.71. The molecule has 9 nitrogen and oxygen atoms in total. The van der Waals surface area contributed by atoms with Crippen molar-refractivity contribution < 1.29 is 27.4 Å². The third-order valence-corrected chi connectivity index (χ3v) is 9.11. The quantitative estimate of drug-likeness (QED) is 0.165. The van der Waals surface area contributed by atoms with Crippen molar-refractivity contribution in [3.63, 3.8) is 0 Å². The van der Waals surface area contributed by atoms with Crippen molar-refractivity contribution in [2.75, 3.05) is 13.1 Å². The molecule has 36 heavy (non-hydrogen) atoms. The van der Waals surface area contributed by atoms with E-state index in [9.17, 15) is 22.8 Å². The lowest BCUT2D eigenvalue weighted by atomic mass is 10.1. The highest BCUT2D eigenvalue weighted by Crippen LogP contribution is 2.38. The van der Waals surface area contributed by atoms with Crippen LogP contribution in [0.3, 0.4) is 0 Å². The molecule has 1 aliphatic rings. The molecule has 0 spiro atoms. The predicted molar refractivity (Wildman–Crippen MR) is 139 cm³/mol. The standard InChI is InChI=1S/C24H29N3O6S3/c1-2-17-10-11-18(19(15-17)34-35-21-9-5-7-12-25-21)23(29)26-13-6-3-4-8-14-27-22(28)16-20(24(27)30)36(31,32)33/h5,7,9-12,15,20H,2-4,6,8,13-14,16H2,1H3,(H,26,29)(H,31,32,33). The monoisotopic (exact) mass is 551 g/mol. The molecule has 0 bridgehead atoms. The van der Waals surface area contributed by atoms with E-state index in [1.165, 1.54) is 21.6 Å². The Labute approximate surface area is 219 Å². The summed E-state index contributed by atoms with van der Waals surface area (Å²) in [5.41, 5.74) is 1.76. The molecule has 2 N–H and O–H groups in total. The Morgan fingerprint density at radius 2 is 1.92 bits per heavy atom. The summed E-state index contributed by atoms with van der Waals surface area (Å²) in [4.78, 5) is 42.8. The van der Waals surface area contributed by atoms with E-state index in [0.717, 1.165) is 39.6 Å². The van der Waals surface area contributed by atoms with Crippen molar-refractivity contribution in [2.45, 2.75) is 60.6 Å². The first-order valence-corrected chi connectivity index (χ1v) is 15.3. The lowest BCUT2D eigenvalue weighted by molar-refractivity contribution is -0.138. The van der Waals surface area contributed by atoms with E-state index in [0.29, 0.717) is 24.9 Å². The SMILES string of the molecule is CCc1ccc(C(=O)NCCCCCCN2C(=O)CC(S(=O)(=O)O)C2=O)c(SSc2ccccn2)c1. The number of aromatic nitrogens is 1. The number of likely N-dealkylation sites (tertiary alicyclic amines) is 1. The van der Waals surface area contributed by atoms with Crippen molar-refractivity contribution in [1.82, 2.24) is 15.2 Å². The molecule has 2 aromatic rings. The Hall–Kier alpha value is -2.41. The number of benzene rings is 1. The van der Waals surface area contributed by atoms with E-state index >= 15 is 0 Å². The summed E-state index contributed by atoms with van der Waals surface area (Å²) in [5.74, 6) is -1.59. The zero-order valence-corrected chi connectivity index (χ0v) is 22.3. The minimum absolute atomic E-state index is 0.119. The zero-order valence-electron chi connectivity index (χ0n) is 19.9. The Bertz CT molecular complexity index is 1190. The van der Waals surface area contributed by atoms with Crippen LogP contribution in [0.5, 0.6) is 0 Å². The van der Waals surface area contributed by atoms with Crippen LogP contribution < -0.4 is 5.32 Å².